The Morgan fingerprint density at radius 2 is 2.03 bits per heavy atom. The maximum atomic E-state index is 13.6. The van der Waals surface area contributed by atoms with Gasteiger partial charge in [0.25, 0.3) is 0 Å². The van der Waals surface area contributed by atoms with Gasteiger partial charge in [0.1, 0.15) is 10.8 Å². The zero-order valence-corrected chi connectivity index (χ0v) is 19.9. The molecular formula is C26H31N3O2S. The Hall–Kier alpha value is -2.73. The SMILES string of the molecule is CCOc1cccc([C@H]2c3cccn3-c3sc4c(c3CN2C(=O)NC(C)C)CCCC4)c1. The van der Waals surface area contributed by atoms with Gasteiger partial charge >= 0.3 is 6.03 Å². The molecule has 1 aliphatic carbocycles. The number of ether oxygens (including phenoxy) is 1. The van der Waals surface area contributed by atoms with Gasteiger partial charge in [-0.3, -0.25) is 0 Å². The maximum absolute atomic E-state index is 13.6. The van der Waals surface area contributed by atoms with Crippen molar-refractivity contribution in [1.82, 2.24) is 14.8 Å². The summed E-state index contributed by atoms with van der Waals surface area (Å²) < 4.78 is 8.11. The second kappa shape index (κ2) is 8.66. The summed E-state index contributed by atoms with van der Waals surface area (Å²) in [4.78, 5) is 17.1. The molecule has 2 aromatic heterocycles. The van der Waals surface area contributed by atoms with E-state index in [2.05, 4.69) is 40.3 Å². The molecule has 6 heteroatoms. The summed E-state index contributed by atoms with van der Waals surface area (Å²) in [6.45, 7) is 7.26. The standard InChI is InChI=1S/C26H31N3O2S/c1-4-31-19-10-7-9-18(15-19)24-22-12-8-14-28(22)25-21(16-29(24)26(30)27-17(2)3)20-11-5-6-13-23(20)32-25/h7-10,12,14-15,17,24H,4-6,11,13,16H2,1-3H3,(H,27,30)/t24-/m0/s1. The molecule has 5 rings (SSSR count). The Kier molecular flexibility index (Phi) is 5.72. The van der Waals surface area contributed by atoms with E-state index in [1.807, 2.05) is 49.1 Å². The van der Waals surface area contributed by atoms with Gasteiger partial charge in [-0.1, -0.05) is 12.1 Å². The number of nitrogens with zero attached hydrogens (tertiary/aromatic N) is 2. The number of urea groups is 1. The molecule has 0 saturated heterocycles. The zero-order valence-electron chi connectivity index (χ0n) is 19.1. The minimum atomic E-state index is -0.192. The number of carbonyl (C=O) groups is 1. The van der Waals surface area contributed by atoms with Crippen molar-refractivity contribution in [3.63, 3.8) is 0 Å². The number of aromatic nitrogens is 1. The number of fused-ring (bicyclic) bond motifs is 5. The fourth-order valence-electron chi connectivity index (χ4n) is 5.01. The monoisotopic (exact) mass is 449 g/mol. The topological polar surface area (TPSA) is 46.5 Å². The molecule has 168 valence electrons. The van der Waals surface area contributed by atoms with Crippen LogP contribution in [0.15, 0.2) is 42.6 Å². The molecular weight excluding hydrogens is 418 g/mol. The highest BCUT2D eigenvalue weighted by Gasteiger charge is 2.36. The quantitative estimate of drug-likeness (QED) is 0.544. The Morgan fingerprint density at radius 1 is 1.19 bits per heavy atom. The summed E-state index contributed by atoms with van der Waals surface area (Å²) in [7, 11) is 0. The van der Waals surface area contributed by atoms with Crippen LogP contribution in [0.4, 0.5) is 4.79 Å². The summed E-state index contributed by atoms with van der Waals surface area (Å²) >= 11 is 1.91. The van der Waals surface area contributed by atoms with Gasteiger partial charge in [0, 0.05) is 22.7 Å². The Morgan fingerprint density at radius 3 is 2.84 bits per heavy atom. The number of rotatable bonds is 4. The number of carbonyl (C=O) groups excluding carboxylic acids is 1. The molecule has 1 N–H and O–H groups in total. The second-order valence-electron chi connectivity index (χ2n) is 8.94. The fraction of sp³-hybridized carbons (Fsp3) is 0.423. The molecule has 3 heterocycles. The van der Waals surface area contributed by atoms with Crippen molar-refractivity contribution in [3.8, 4) is 10.8 Å². The average Bonchev–Trinajstić information content (AvgIpc) is 3.35. The van der Waals surface area contributed by atoms with Crippen molar-refractivity contribution in [2.75, 3.05) is 6.61 Å². The molecule has 5 nitrogen and oxygen atoms in total. The molecule has 32 heavy (non-hydrogen) atoms. The van der Waals surface area contributed by atoms with Crippen LogP contribution in [0.25, 0.3) is 5.00 Å². The molecule has 0 bridgehead atoms. The Bertz CT molecular complexity index is 1130. The first-order valence-corrected chi connectivity index (χ1v) is 12.5. The molecule has 1 aliphatic heterocycles. The molecule has 1 aromatic carbocycles. The van der Waals surface area contributed by atoms with Crippen molar-refractivity contribution in [1.29, 1.82) is 0 Å². The lowest BCUT2D eigenvalue weighted by molar-refractivity contribution is 0.178. The van der Waals surface area contributed by atoms with Crippen molar-refractivity contribution in [3.05, 3.63) is 69.9 Å². The summed E-state index contributed by atoms with van der Waals surface area (Å²) in [5, 5.41) is 4.44. The van der Waals surface area contributed by atoms with Crippen molar-refractivity contribution in [2.45, 2.75) is 65.1 Å². The first-order valence-electron chi connectivity index (χ1n) is 11.7. The molecule has 0 spiro atoms. The minimum Gasteiger partial charge on any atom is -0.494 e. The van der Waals surface area contributed by atoms with Gasteiger partial charge < -0.3 is 19.5 Å². The largest absolute Gasteiger partial charge is 0.494 e. The van der Waals surface area contributed by atoms with E-state index in [4.69, 9.17) is 4.74 Å². The van der Waals surface area contributed by atoms with E-state index in [9.17, 15) is 4.79 Å². The number of hydrogen-bond acceptors (Lipinski definition) is 3. The molecule has 3 aromatic rings. The van der Waals surface area contributed by atoms with Crippen LogP contribution in [-0.4, -0.2) is 28.1 Å². The van der Waals surface area contributed by atoms with Crippen LogP contribution < -0.4 is 10.1 Å². The second-order valence-corrected chi connectivity index (χ2v) is 10.0. The highest BCUT2D eigenvalue weighted by Crippen LogP contribution is 2.44. The summed E-state index contributed by atoms with van der Waals surface area (Å²) in [5.74, 6) is 0.837. The highest BCUT2D eigenvalue weighted by atomic mass is 32.1. The normalized spacial score (nSPS) is 17.4. The lowest BCUT2D eigenvalue weighted by atomic mass is 9.95. The fourth-order valence-corrected chi connectivity index (χ4v) is 6.41. The van der Waals surface area contributed by atoms with Crippen molar-refractivity contribution in [2.24, 2.45) is 0 Å². The molecule has 0 saturated carbocycles. The van der Waals surface area contributed by atoms with Crippen LogP contribution >= 0.6 is 11.3 Å². The number of hydrogen-bond donors (Lipinski definition) is 1. The number of nitrogens with one attached hydrogen (secondary N) is 1. The van der Waals surface area contributed by atoms with E-state index in [1.54, 1.807) is 0 Å². The summed E-state index contributed by atoms with van der Waals surface area (Å²) in [6.07, 6.45) is 6.91. The van der Waals surface area contributed by atoms with Gasteiger partial charge in [0.2, 0.25) is 0 Å². The number of thiophene rings is 1. The molecule has 1 atom stereocenters. The lowest BCUT2D eigenvalue weighted by Gasteiger charge is -2.32. The van der Waals surface area contributed by atoms with E-state index in [0.717, 1.165) is 29.8 Å². The van der Waals surface area contributed by atoms with Crippen molar-refractivity contribution < 1.29 is 9.53 Å². The highest BCUT2D eigenvalue weighted by molar-refractivity contribution is 7.15. The van der Waals surface area contributed by atoms with Gasteiger partial charge in [0.05, 0.1) is 24.9 Å². The first-order chi connectivity index (χ1) is 15.6. The first kappa shape index (κ1) is 21.1. The van der Waals surface area contributed by atoms with Gasteiger partial charge in [-0.05, 0) is 81.8 Å². The lowest BCUT2D eigenvalue weighted by Crippen LogP contribution is -2.44. The van der Waals surface area contributed by atoms with Crippen LogP contribution in [-0.2, 0) is 19.4 Å². The number of benzene rings is 1. The van der Waals surface area contributed by atoms with Gasteiger partial charge in [-0.2, -0.15) is 0 Å². The van der Waals surface area contributed by atoms with Crippen LogP contribution in [0.5, 0.6) is 5.75 Å². The van der Waals surface area contributed by atoms with Gasteiger partial charge in [-0.25, -0.2) is 4.79 Å². The van der Waals surface area contributed by atoms with Crippen LogP contribution in [0.1, 0.15) is 66.9 Å². The van der Waals surface area contributed by atoms with Gasteiger partial charge in [0.15, 0.2) is 0 Å². The average molecular weight is 450 g/mol. The molecule has 2 aliphatic rings. The van der Waals surface area contributed by atoms with Crippen molar-refractivity contribution >= 4 is 17.4 Å². The third-order valence-corrected chi connectivity index (χ3v) is 7.67. The number of amides is 2. The molecule has 0 unspecified atom stereocenters. The zero-order chi connectivity index (χ0) is 22.2. The predicted molar refractivity (Wildman–Crippen MR) is 129 cm³/mol. The summed E-state index contributed by atoms with van der Waals surface area (Å²) in [5.41, 5.74) is 4.99. The Labute approximate surface area is 194 Å². The number of aryl methyl sites for hydroxylation is 1. The van der Waals surface area contributed by atoms with Crippen LogP contribution in [0, 0.1) is 0 Å². The van der Waals surface area contributed by atoms with E-state index in [-0.39, 0.29) is 18.1 Å². The summed E-state index contributed by atoms with van der Waals surface area (Å²) in [6, 6.07) is 12.3. The maximum Gasteiger partial charge on any atom is 0.318 e. The smallest absolute Gasteiger partial charge is 0.318 e. The van der Waals surface area contributed by atoms with E-state index in [1.165, 1.54) is 33.8 Å². The van der Waals surface area contributed by atoms with E-state index >= 15 is 0 Å². The van der Waals surface area contributed by atoms with Crippen LogP contribution in [0.3, 0.4) is 0 Å². The van der Waals surface area contributed by atoms with Gasteiger partial charge in [-0.15, -0.1) is 11.3 Å². The molecule has 0 radical (unpaired) electrons. The minimum absolute atomic E-state index is 0.0248. The predicted octanol–water partition coefficient (Wildman–Crippen LogP) is 5.84. The molecule has 2 amide bonds. The Balaban J connectivity index is 1.68. The van der Waals surface area contributed by atoms with Crippen LogP contribution in [0.2, 0.25) is 0 Å². The van der Waals surface area contributed by atoms with E-state index in [0.29, 0.717) is 13.2 Å². The third-order valence-electron chi connectivity index (χ3n) is 6.34. The third kappa shape index (κ3) is 3.71. The van der Waals surface area contributed by atoms with E-state index < -0.39 is 0 Å². The molecule has 0 fully saturated rings.